The number of aliphatic hydroxyl groups is 8. The van der Waals surface area contributed by atoms with Gasteiger partial charge >= 0.3 is 0 Å². The average Bonchev–Trinajstić information content (AvgIpc) is 0.794. The Labute approximate surface area is 590 Å². The van der Waals surface area contributed by atoms with E-state index in [2.05, 4.69) is 141 Å². The Morgan fingerprint density at radius 1 is 0.381 bits per heavy atom. The number of unbranched alkanes of at least 4 members (excludes halogenated alkanes) is 30. The van der Waals surface area contributed by atoms with Crippen molar-refractivity contribution in [2.45, 2.75) is 364 Å². The van der Waals surface area contributed by atoms with Crippen LogP contribution in [-0.4, -0.2) is 140 Å². The number of amides is 1. The van der Waals surface area contributed by atoms with Crippen LogP contribution in [-0.2, 0) is 23.7 Å². The number of nitrogens with one attached hydrogen (secondary N) is 1. The second-order valence-electron chi connectivity index (χ2n) is 26.7. The van der Waals surface area contributed by atoms with Gasteiger partial charge in [-0.15, -0.1) is 0 Å². The summed E-state index contributed by atoms with van der Waals surface area (Å²) in [6, 6.07) is -0.946. The van der Waals surface area contributed by atoms with Gasteiger partial charge in [0.25, 0.3) is 0 Å². The molecule has 0 spiro atoms. The van der Waals surface area contributed by atoms with Gasteiger partial charge in [0.2, 0.25) is 5.91 Å². The van der Waals surface area contributed by atoms with Crippen LogP contribution in [0.1, 0.15) is 290 Å². The van der Waals surface area contributed by atoms with Gasteiger partial charge in [-0.05, 0) is 109 Å². The number of aliphatic hydroxyl groups excluding tert-OH is 8. The van der Waals surface area contributed by atoms with Crippen molar-refractivity contribution in [2.24, 2.45) is 0 Å². The molecule has 2 aliphatic heterocycles. The van der Waals surface area contributed by atoms with Crippen LogP contribution in [0.3, 0.4) is 0 Å². The van der Waals surface area contributed by atoms with Gasteiger partial charge in [0, 0.05) is 6.42 Å². The molecule has 556 valence electrons. The predicted octanol–water partition coefficient (Wildman–Crippen LogP) is 17.4. The minimum Gasteiger partial charge on any atom is -0.394 e. The summed E-state index contributed by atoms with van der Waals surface area (Å²) in [5.41, 5.74) is 0. The van der Waals surface area contributed by atoms with Gasteiger partial charge in [-0.25, -0.2) is 0 Å². The van der Waals surface area contributed by atoms with Crippen LogP contribution >= 0.6 is 0 Å². The molecule has 1 amide bonds. The summed E-state index contributed by atoms with van der Waals surface area (Å²) >= 11 is 0. The molecule has 2 aliphatic rings. The van der Waals surface area contributed by atoms with Crippen LogP contribution < -0.4 is 5.32 Å². The molecule has 2 heterocycles. The molecular weight excluding hydrogens is 1220 g/mol. The van der Waals surface area contributed by atoms with E-state index in [0.29, 0.717) is 12.8 Å². The Kier molecular flexibility index (Phi) is 60.2. The Bertz CT molecular complexity index is 2140. The van der Waals surface area contributed by atoms with Crippen molar-refractivity contribution < 1.29 is 64.6 Å². The third-order valence-corrected chi connectivity index (χ3v) is 18.0. The van der Waals surface area contributed by atoms with Crippen LogP contribution in [0.4, 0.5) is 0 Å². The maximum Gasteiger partial charge on any atom is 0.220 e. The molecule has 14 heteroatoms. The van der Waals surface area contributed by atoms with Crippen molar-refractivity contribution in [1.82, 2.24) is 5.32 Å². The number of ether oxygens (including phenoxy) is 4. The van der Waals surface area contributed by atoms with E-state index in [9.17, 15) is 45.6 Å². The first-order valence-electron chi connectivity index (χ1n) is 38.9. The van der Waals surface area contributed by atoms with E-state index >= 15 is 0 Å². The minimum atomic E-state index is -1.80. The lowest BCUT2D eigenvalue weighted by Gasteiger charge is -2.46. The first kappa shape index (κ1) is 89.2. The van der Waals surface area contributed by atoms with E-state index in [1.807, 2.05) is 6.08 Å². The van der Waals surface area contributed by atoms with E-state index in [4.69, 9.17) is 18.9 Å². The minimum absolute atomic E-state index is 0.255. The molecule has 2 rings (SSSR count). The monoisotopic (exact) mass is 1360 g/mol. The molecule has 0 aromatic rings. The van der Waals surface area contributed by atoms with Crippen LogP contribution in [0.5, 0.6) is 0 Å². The smallest absolute Gasteiger partial charge is 0.220 e. The Hall–Kier alpha value is -3.87. The fourth-order valence-corrected chi connectivity index (χ4v) is 11.9. The Balaban J connectivity index is 1.62. The van der Waals surface area contributed by atoms with E-state index in [0.717, 1.165) is 96.3 Å². The summed E-state index contributed by atoms with van der Waals surface area (Å²) in [5, 5.41) is 87.5. The number of hydrogen-bond donors (Lipinski definition) is 9. The maximum atomic E-state index is 13.4. The molecule has 9 N–H and O–H groups in total. The summed E-state index contributed by atoms with van der Waals surface area (Å²) < 4.78 is 22.9. The van der Waals surface area contributed by atoms with Crippen molar-refractivity contribution in [3.63, 3.8) is 0 Å². The lowest BCUT2D eigenvalue weighted by Crippen LogP contribution is -2.65. The van der Waals surface area contributed by atoms with E-state index < -0.39 is 86.8 Å². The molecule has 97 heavy (non-hydrogen) atoms. The van der Waals surface area contributed by atoms with Gasteiger partial charge in [-0.3, -0.25) is 4.79 Å². The maximum absolute atomic E-state index is 13.4. The van der Waals surface area contributed by atoms with Gasteiger partial charge < -0.3 is 65.1 Å². The molecule has 12 unspecified atom stereocenters. The average molecular weight is 1360 g/mol. The van der Waals surface area contributed by atoms with Crippen molar-refractivity contribution >= 4 is 5.91 Å². The van der Waals surface area contributed by atoms with Crippen LogP contribution in [0.25, 0.3) is 0 Å². The fraction of sp³-hybridized carbons (Fsp3) is 0.723. The lowest BCUT2D eigenvalue weighted by atomic mass is 9.97. The molecule has 12 atom stereocenters. The second kappa shape index (κ2) is 65.4. The zero-order valence-electron chi connectivity index (χ0n) is 60.8. The standard InChI is InChI=1S/C83H141NO13/c1-3-5-7-9-11-13-15-17-19-21-23-25-27-28-29-30-31-32-33-34-35-36-37-38-39-40-41-42-43-44-45-47-49-51-53-55-57-59-61-63-65-67-75(88)84-71(70-94-82-80(93)78(91)81(74(69-86)96-82)97-83-79(92)77(90)76(89)73(68-85)95-83)72(87)66-64-62-60-58-56-54-52-50-48-46-26-24-22-20-18-16-14-12-10-8-6-4-2/h5,7,11,13,17,19,23,25,28-29,31-32,34-35,37-38,48,50,56,58,64,66,71-74,76-83,85-87,89-93H,3-4,6,8-10,12,14-16,18,20-22,24,26-27,30,33,36,39-47,49,51-55,57,59-63,65,67-70H2,1-2H3,(H,84,88)/b7-5-,13-11-,19-17-,25-23-,29-28-,32-31-,35-34-,38-37-,50-48+,58-56+,66-64+. The number of hydrogen-bond acceptors (Lipinski definition) is 13. The van der Waals surface area contributed by atoms with Crippen LogP contribution in [0.15, 0.2) is 134 Å². The third-order valence-electron chi connectivity index (χ3n) is 18.0. The Morgan fingerprint density at radius 2 is 0.722 bits per heavy atom. The molecule has 0 saturated carbocycles. The molecule has 14 nitrogen and oxygen atoms in total. The highest BCUT2D eigenvalue weighted by molar-refractivity contribution is 5.76. The van der Waals surface area contributed by atoms with Gasteiger partial charge in [0.15, 0.2) is 12.6 Å². The molecular formula is C83H141NO13. The van der Waals surface area contributed by atoms with Crippen LogP contribution in [0.2, 0.25) is 0 Å². The highest BCUT2D eigenvalue weighted by Crippen LogP contribution is 2.30. The second-order valence-corrected chi connectivity index (χ2v) is 26.7. The largest absolute Gasteiger partial charge is 0.394 e. The SMILES string of the molecule is CC/C=C\C/C=C\C/C=C\C/C=C\C/C=C\C/C=C\C/C=C\C/C=C\CCCCCCCCCCCCCCCCCCC(=O)NC(COC1OC(CO)C(OC2OC(CO)C(O)C(O)C2O)C(O)C1O)C(O)/C=C/CC/C=C/CC/C=C/CCCCCCCCCCCCCC. The van der Waals surface area contributed by atoms with Gasteiger partial charge in [0.05, 0.1) is 32.0 Å². The molecule has 0 bridgehead atoms. The quantitative estimate of drug-likeness (QED) is 0.0204. The normalized spacial score (nSPS) is 22.9. The zero-order valence-corrected chi connectivity index (χ0v) is 60.8. The summed E-state index contributed by atoms with van der Waals surface area (Å²) in [7, 11) is 0. The van der Waals surface area contributed by atoms with Crippen molar-refractivity contribution in [3.05, 3.63) is 134 Å². The number of carbonyl (C=O) groups excluding carboxylic acids is 1. The van der Waals surface area contributed by atoms with Crippen molar-refractivity contribution in [3.8, 4) is 0 Å². The zero-order chi connectivity index (χ0) is 70.1. The van der Waals surface area contributed by atoms with Crippen molar-refractivity contribution in [1.29, 1.82) is 0 Å². The van der Waals surface area contributed by atoms with E-state index in [-0.39, 0.29) is 18.9 Å². The summed E-state index contributed by atoms with van der Waals surface area (Å²) in [4.78, 5) is 13.4. The molecule has 0 aromatic carbocycles. The summed E-state index contributed by atoms with van der Waals surface area (Å²) in [6.45, 7) is 2.68. The molecule has 0 aliphatic carbocycles. The third kappa shape index (κ3) is 48.6. The Morgan fingerprint density at radius 3 is 1.13 bits per heavy atom. The first-order chi connectivity index (χ1) is 47.6. The van der Waals surface area contributed by atoms with E-state index in [1.165, 1.54) is 161 Å². The predicted molar refractivity (Wildman–Crippen MR) is 401 cm³/mol. The highest BCUT2D eigenvalue weighted by atomic mass is 16.7. The number of allylic oxidation sites excluding steroid dienone is 21. The topological polar surface area (TPSA) is 228 Å². The van der Waals surface area contributed by atoms with Gasteiger partial charge in [-0.1, -0.05) is 308 Å². The summed E-state index contributed by atoms with van der Waals surface area (Å²) in [6.07, 6.45) is 80.9. The van der Waals surface area contributed by atoms with Crippen LogP contribution in [0, 0.1) is 0 Å². The number of rotatable bonds is 63. The molecule has 2 fully saturated rings. The number of carbonyl (C=O) groups is 1. The first-order valence-corrected chi connectivity index (χ1v) is 38.9. The van der Waals surface area contributed by atoms with Gasteiger partial charge in [0.1, 0.15) is 48.8 Å². The fourth-order valence-electron chi connectivity index (χ4n) is 11.9. The lowest BCUT2D eigenvalue weighted by molar-refractivity contribution is -0.359. The molecule has 0 aromatic heterocycles. The van der Waals surface area contributed by atoms with E-state index in [1.54, 1.807) is 6.08 Å². The molecule has 2 saturated heterocycles. The highest BCUT2D eigenvalue weighted by Gasteiger charge is 2.51. The summed E-state index contributed by atoms with van der Waals surface area (Å²) in [5.74, 6) is -0.255. The molecule has 0 radical (unpaired) electrons. The van der Waals surface area contributed by atoms with Crippen molar-refractivity contribution in [2.75, 3.05) is 19.8 Å². The van der Waals surface area contributed by atoms with Gasteiger partial charge in [-0.2, -0.15) is 0 Å².